The fourth-order valence-electron chi connectivity index (χ4n) is 2.41. The highest BCUT2D eigenvalue weighted by Gasteiger charge is 2.17. The van der Waals surface area contributed by atoms with Crippen LogP contribution in [0.5, 0.6) is 0 Å². The van der Waals surface area contributed by atoms with E-state index in [9.17, 15) is 9.59 Å². The van der Waals surface area contributed by atoms with Crippen molar-refractivity contribution in [3.8, 4) is 0 Å². The van der Waals surface area contributed by atoms with Crippen LogP contribution in [-0.2, 0) is 9.59 Å². The zero-order valence-electron chi connectivity index (χ0n) is 14.2. The van der Waals surface area contributed by atoms with E-state index in [0.29, 0.717) is 17.1 Å². The third kappa shape index (κ3) is 4.13. The first-order valence-corrected chi connectivity index (χ1v) is 7.99. The number of hydrogen-bond acceptors (Lipinski definition) is 3. The smallest absolute Gasteiger partial charge is 0.314 e. The van der Waals surface area contributed by atoms with Crippen molar-refractivity contribution >= 4 is 28.9 Å². The average Bonchev–Trinajstić information content (AvgIpc) is 2.57. The number of carbonyl (C=O) groups excluding carboxylic acids is 2. The monoisotopic (exact) mass is 325 g/mol. The van der Waals surface area contributed by atoms with Crippen LogP contribution in [0.25, 0.3) is 0 Å². The molecule has 2 aromatic carbocycles. The molecule has 0 aliphatic rings. The Morgan fingerprint density at radius 2 is 1.67 bits per heavy atom. The molecule has 0 aromatic heterocycles. The number of nitrogens with one attached hydrogen (secondary N) is 2. The van der Waals surface area contributed by atoms with Gasteiger partial charge in [-0.15, -0.1) is 0 Å². The van der Waals surface area contributed by atoms with Gasteiger partial charge in [-0.25, -0.2) is 0 Å². The number of amides is 2. The predicted octanol–water partition coefficient (Wildman–Crippen LogP) is 3.67. The van der Waals surface area contributed by atoms with Gasteiger partial charge in [-0.3, -0.25) is 9.59 Å². The molecule has 0 spiro atoms. The average molecular weight is 325 g/mol. The SMILES string of the molecule is CCC(C)c1ccccc1NC(=O)C(=O)Nc1ccc(C)cc1N. The van der Waals surface area contributed by atoms with Crippen molar-refractivity contribution in [1.82, 2.24) is 0 Å². The zero-order valence-corrected chi connectivity index (χ0v) is 14.2. The van der Waals surface area contributed by atoms with E-state index in [-0.39, 0.29) is 5.92 Å². The molecule has 2 aromatic rings. The lowest BCUT2D eigenvalue weighted by Gasteiger charge is -2.15. The van der Waals surface area contributed by atoms with Crippen LogP contribution in [0.3, 0.4) is 0 Å². The van der Waals surface area contributed by atoms with E-state index in [1.807, 2.05) is 31.2 Å². The lowest BCUT2D eigenvalue weighted by atomic mass is 9.97. The third-order valence-corrected chi connectivity index (χ3v) is 4.01. The molecule has 0 heterocycles. The zero-order chi connectivity index (χ0) is 17.7. The molecule has 0 bridgehead atoms. The summed E-state index contributed by atoms with van der Waals surface area (Å²) in [5.74, 6) is -1.17. The first kappa shape index (κ1) is 17.5. The Morgan fingerprint density at radius 1 is 1.04 bits per heavy atom. The van der Waals surface area contributed by atoms with E-state index in [1.54, 1.807) is 18.2 Å². The van der Waals surface area contributed by atoms with Crippen molar-refractivity contribution in [1.29, 1.82) is 0 Å². The Bertz CT molecular complexity index is 756. The maximum Gasteiger partial charge on any atom is 0.314 e. The van der Waals surface area contributed by atoms with E-state index < -0.39 is 11.8 Å². The molecular formula is C19H23N3O2. The van der Waals surface area contributed by atoms with E-state index in [1.165, 1.54) is 0 Å². The minimum Gasteiger partial charge on any atom is -0.397 e. The summed E-state index contributed by atoms with van der Waals surface area (Å²) in [5, 5.41) is 5.23. The summed E-state index contributed by atoms with van der Waals surface area (Å²) in [7, 11) is 0. The van der Waals surface area contributed by atoms with Crippen molar-refractivity contribution in [2.75, 3.05) is 16.4 Å². The maximum atomic E-state index is 12.2. The van der Waals surface area contributed by atoms with E-state index in [4.69, 9.17) is 5.73 Å². The molecule has 2 rings (SSSR count). The summed E-state index contributed by atoms with van der Waals surface area (Å²) < 4.78 is 0. The van der Waals surface area contributed by atoms with Crippen molar-refractivity contribution in [2.24, 2.45) is 0 Å². The largest absolute Gasteiger partial charge is 0.397 e. The van der Waals surface area contributed by atoms with Crippen LogP contribution >= 0.6 is 0 Å². The van der Waals surface area contributed by atoms with Gasteiger partial charge >= 0.3 is 11.8 Å². The molecule has 126 valence electrons. The van der Waals surface area contributed by atoms with Crippen LogP contribution in [0.1, 0.15) is 37.3 Å². The molecule has 24 heavy (non-hydrogen) atoms. The van der Waals surface area contributed by atoms with Crippen LogP contribution in [0, 0.1) is 6.92 Å². The number of nitrogen functional groups attached to an aromatic ring is 1. The molecule has 5 nitrogen and oxygen atoms in total. The number of para-hydroxylation sites is 1. The van der Waals surface area contributed by atoms with Crippen LogP contribution in [0.2, 0.25) is 0 Å². The number of nitrogens with two attached hydrogens (primary N) is 1. The lowest BCUT2D eigenvalue weighted by molar-refractivity contribution is -0.133. The quantitative estimate of drug-likeness (QED) is 0.592. The number of carbonyl (C=O) groups is 2. The summed E-state index contributed by atoms with van der Waals surface area (Å²) in [6.07, 6.45) is 0.943. The molecule has 0 fully saturated rings. The minimum absolute atomic E-state index is 0.289. The fraction of sp³-hybridized carbons (Fsp3) is 0.263. The molecule has 1 unspecified atom stereocenters. The number of hydrogen-bond donors (Lipinski definition) is 3. The summed E-state index contributed by atoms with van der Waals surface area (Å²) in [4.78, 5) is 24.3. The van der Waals surface area contributed by atoms with Gasteiger partial charge in [-0.1, -0.05) is 38.1 Å². The lowest BCUT2D eigenvalue weighted by Crippen LogP contribution is -2.29. The van der Waals surface area contributed by atoms with Gasteiger partial charge < -0.3 is 16.4 Å². The van der Waals surface area contributed by atoms with Gasteiger partial charge in [0.1, 0.15) is 0 Å². The molecule has 5 heteroatoms. The Hall–Kier alpha value is -2.82. The second-order valence-electron chi connectivity index (χ2n) is 5.90. The number of rotatable bonds is 4. The second kappa shape index (κ2) is 7.64. The van der Waals surface area contributed by atoms with Crippen LogP contribution < -0.4 is 16.4 Å². The molecule has 0 aliphatic carbocycles. The first-order valence-electron chi connectivity index (χ1n) is 7.99. The Balaban J connectivity index is 2.11. The molecule has 0 saturated carbocycles. The molecular weight excluding hydrogens is 302 g/mol. The van der Waals surface area contributed by atoms with Gasteiger partial charge in [0.05, 0.1) is 11.4 Å². The molecule has 0 aliphatic heterocycles. The molecule has 0 radical (unpaired) electrons. The second-order valence-corrected chi connectivity index (χ2v) is 5.90. The minimum atomic E-state index is -0.746. The van der Waals surface area contributed by atoms with Crippen molar-refractivity contribution < 1.29 is 9.59 Å². The highest BCUT2D eigenvalue weighted by molar-refractivity contribution is 6.44. The van der Waals surface area contributed by atoms with Gasteiger partial charge in [0.2, 0.25) is 0 Å². The van der Waals surface area contributed by atoms with Crippen LogP contribution in [-0.4, -0.2) is 11.8 Å². The predicted molar refractivity (Wildman–Crippen MR) is 98.0 cm³/mol. The first-order chi connectivity index (χ1) is 11.4. The van der Waals surface area contributed by atoms with Gasteiger partial charge in [-0.2, -0.15) is 0 Å². The Kier molecular flexibility index (Phi) is 5.58. The van der Waals surface area contributed by atoms with Crippen LogP contribution in [0.15, 0.2) is 42.5 Å². The van der Waals surface area contributed by atoms with Gasteiger partial charge in [0.25, 0.3) is 0 Å². The molecule has 2 amide bonds. The van der Waals surface area contributed by atoms with Crippen LogP contribution in [0.4, 0.5) is 17.1 Å². The number of anilines is 3. The van der Waals surface area contributed by atoms with Crippen molar-refractivity contribution in [3.05, 3.63) is 53.6 Å². The van der Waals surface area contributed by atoms with Crippen molar-refractivity contribution in [2.45, 2.75) is 33.1 Å². The number of benzene rings is 2. The third-order valence-electron chi connectivity index (χ3n) is 4.01. The molecule has 0 saturated heterocycles. The highest BCUT2D eigenvalue weighted by atomic mass is 16.2. The van der Waals surface area contributed by atoms with Gasteiger partial charge in [-0.05, 0) is 48.6 Å². The van der Waals surface area contributed by atoms with Gasteiger partial charge in [0.15, 0.2) is 0 Å². The van der Waals surface area contributed by atoms with E-state index >= 15 is 0 Å². The summed E-state index contributed by atoms with van der Waals surface area (Å²) in [5.41, 5.74) is 9.36. The maximum absolute atomic E-state index is 12.2. The van der Waals surface area contributed by atoms with Crippen molar-refractivity contribution in [3.63, 3.8) is 0 Å². The summed E-state index contributed by atoms with van der Waals surface area (Å²) in [6.45, 7) is 6.06. The summed E-state index contributed by atoms with van der Waals surface area (Å²) >= 11 is 0. The molecule has 1 atom stereocenters. The van der Waals surface area contributed by atoms with E-state index in [2.05, 4.69) is 24.5 Å². The summed E-state index contributed by atoms with van der Waals surface area (Å²) in [6, 6.07) is 12.8. The normalized spacial score (nSPS) is 11.6. The highest BCUT2D eigenvalue weighted by Crippen LogP contribution is 2.26. The van der Waals surface area contributed by atoms with Gasteiger partial charge in [0, 0.05) is 5.69 Å². The molecule has 4 N–H and O–H groups in total. The van der Waals surface area contributed by atoms with E-state index in [0.717, 1.165) is 17.5 Å². The Morgan fingerprint density at radius 3 is 2.29 bits per heavy atom. The number of aryl methyl sites for hydroxylation is 1. The fourth-order valence-corrected chi connectivity index (χ4v) is 2.41. The topological polar surface area (TPSA) is 84.2 Å². The Labute approximate surface area is 142 Å². The standard InChI is InChI=1S/C19H23N3O2/c1-4-13(3)14-7-5-6-8-16(14)21-18(23)19(24)22-17-10-9-12(2)11-15(17)20/h5-11,13H,4,20H2,1-3H3,(H,21,23)(H,22,24).